The van der Waals surface area contributed by atoms with Gasteiger partial charge in [-0.15, -0.1) is 0 Å². The van der Waals surface area contributed by atoms with E-state index in [1.165, 1.54) is 44.6 Å². The van der Waals surface area contributed by atoms with Crippen LogP contribution >= 0.6 is 0 Å². The molecule has 2 fully saturated rings. The first-order valence-electron chi connectivity index (χ1n) is 7.17. The number of H-pyrrole nitrogens is 1. The molecule has 1 amide bonds. The molecule has 3 rings (SSSR count). The molecule has 1 aromatic rings. The number of aromatic amines is 1. The molecular formula is C15H20N2O2. The second-order valence-corrected chi connectivity index (χ2v) is 5.96. The molecule has 2 saturated carbocycles. The van der Waals surface area contributed by atoms with E-state index in [9.17, 15) is 9.59 Å². The minimum atomic E-state index is -0.233. The van der Waals surface area contributed by atoms with Gasteiger partial charge < -0.3 is 10.3 Å². The molecule has 2 aliphatic rings. The van der Waals surface area contributed by atoms with Crippen LogP contribution in [0.15, 0.2) is 23.0 Å². The molecule has 0 radical (unpaired) electrons. The van der Waals surface area contributed by atoms with E-state index in [-0.39, 0.29) is 11.5 Å². The van der Waals surface area contributed by atoms with Gasteiger partial charge in [0.05, 0.1) is 0 Å². The standard InChI is InChI=1S/C15H20N2O2/c18-13-6-4-5-12(17-13)14(19)16-10-11-9-15(11)7-2-1-3-8-15/h4-6,11H,1-3,7-10H2,(H,16,19)(H,17,18)/t11-/m1/s1. The number of aromatic nitrogens is 1. The molecule has 0 saturated heterocycles. The Morgan fingerprint density at radius 3 is 2.84 bits per heavy atom. The third kappa shape index (κ3) is 2.57. The third-order valence-corrected chi connectivity index (χ3v) is 4.73. The zero-order chi connectivity index (χ0) is 13.3. The molecular weight excluding hydrogens is 240 g/mol. The maximum Gasteiger partial charge on any atom is 0.267 e. The Labute approximate surface area is 112 Å². The average molecular weight is 260 g/mol. The van der Waals surface area contributed by atoms with E-state index >= 15 is 0 Å². The van der Waals surface area contributed by atoms with Crippen LogP contribution in [0, 0.1) is 11.3 Å². The molecule has 2 aliphatic carbocycles. The third-order valence-electron chi connectivity index (χ3n) is 4.73. The van der Waals surface area contributed by atoms with Crippen LogP contribution in [0.3, 0.4) is 0 Å². The monoisotopic (exact) mass is 260 g/mol. The van der Waals surface area contributed by atoms with Crippen LogP contribution in [0.2, 0.25) is 0 Å². The highest BCUT2D eigenvalue weighted by Gasteiger charge is 2.53. The zero-order valence-electron chi connectivity index (χ0n) is 11.1. The van der Waals surface area contributed by atoms with Crippen molar-refractivity contribution in [2.75, 3.05) is 6.54 Å². The minimum absolute atomic E-state index is 0.171. The normalized spacial score (nSPS) is 24.1. The van der Waals surface area contributed by atoms with E-state index in [0.717, 1.165) is 6.54 Å². The number of amides is 1. The molecule has 1 atom stereocenters. The van der Waals surface area contributed by atoms with Crippen LogP contribution in [-0.4, -0.2) is 17.4 Å². The van der Waals surface area contributed by atoms with Gasteiger partial charge >= 0.3 is 0 Å². The van der Waals surface area contributed by atoms with E-state index < -0.39 is 0 Å². The van der Waals surface area contributed by atoms with Crippen molar-refractivity contribution in [3.05, 3.63) is 34.2 Å². The van der Waals surface area contributed by atoms with Gasteiger partial charge in [0.1, 0.15) is 5.69 Å². The molecule has 0 bridgehead atoms. The van der Waals surface area contributed by atoms with Crippen LogP contribution in [0.5, 0.6) is 0 Å². The Balaban J connectivity index is 1.53. The predicted molar refractivity (Wildman–Crippen MR) is 73.0 cm³/mol. The van der Waals surface area contributed by atoms with Crippen molar-refractivity contribution in [3.63, 3.8) is 0 Å². The van der Waals surface area contributed by atoms with Crippen molar-refractivity contribution < 1.29 is 4.79 Å². The van der Waals surface area contributed by atoms with Crippen LogP contribution < -0.4 is 10.9 Å². The Kier molecular flexibility index (Phi) is 3.17. The molecule has 0 aliphatic heterocycles. The lowest BCUT2D eigenvalue weighted by Gasteiger charge is -2.22. The molecule has 0 unspecified atom stereocenters. The van der Waals surface area contributed by atoms with E-state index in [1.807, 2.05) is 0 Å². The summed E-state index contributed by atoms with van der Waals surface area (Å²) >= 11 is 0. The number of nitrogens with one attached hydrogen (secondary N) is 2. The zero-order valence-corrected chi connectivity index (χ0v) is 11.1. The summed E-state index contributed by atoms with van der Waals surface area (Å²) in [5.74, 6) is 0.475. The Hall–Kier alpha value is -1.58. The van der Waals surface area contributed by atoms with Gasteiger partial charge in [0, 0.05) is 12.6 Å². The highest BCUT2D eigenvalue weighted by Crippen LogP contribution is 2.60. The largest absolute Gasteiger partial charge is 0.350 e. The number of carbonyl (C=O) groups excluding carboxylic acids is 1. The fourth-order valence-electron chi connectivity index (χ4n) is 3.48. The number of hydrogen-bond acceptors (Lipinski definition) is 2. The summed E-state index contributed by atoms with van der Waals surface area (Å²) in [6.45, 7) is 0.746. The summed E-state index contributed by atoms with van der Waals surface area (Å²) in [6, 6.07) is 4.65. The van der Waals surface area contributed by atoms with Gasteiger partial charge in [-0.1, -0.05) is 25.3 Å². The summed E-state index contributed by atoms with van der Waals surface area (Å²) in [4.78, 5) is 25.6. The first-order chi connectivity index (χ1) is 9.20. The van der Waals surface area contributed by atoms with Gasteiger partial charge in [-0.3, -0.25) is 9.59 Å². The van der Waals surface area contributed by atoms with Gasteiger partial charge in [0.15, 0.2) is 0 Å². The van der Waals surface area contributed by atoms with E-state index in [4.69, 9.17) is 0 Å². The molecule has 1 heterocycles. The highest BCUT2D eigenvalue weighted by atomic mass is 16.2. The molecule has 2 N–H and O–H groups in total. The van der Waals surface area contributed by atoms with Crippen molar-refractivity contribution in [3.8, 4) is 0 Å². The maximum absolute atomic E-state index is 11.9. The molecule has 19 heavy (non-hydrogen) atoms. The second-order valence-electron chi connectivity index (χ2n) is 5.96. The van der Waals surface area contributed by atoms with E-state index in [0.29, 0.717) is 17.0 Å². The predicted octanol–water partition coefficient (Wildman–Crippen LogP) is 2.08. The second kappa shape index (κ2) is 4.83. The first kappa shape index (κ1) is 12.5. The minimum Gasteiger partial charge on any atom is -0.350 e. The molecule has 0 aromatic carbocycles. The van der Waals surface area contributed by atoms with Crippen molar-refractivity contribution in [1.82, 2.24) is 10.3 Å². The van der Waals surface area contributed by atoms with E-state index in [2.05, 4.69) is 10.3 Å². The first-order valence-corrected chi connectivity index (χ1v) is 7.17. The Bertz CT molecular complexity index is 529. The summed E-state index contributed by atoms with van der Waals surface area (Å²) in [5.41, 5.74) is 0.656. The lowest BCUT2D eigenvalue weighted by molar-refractivity contribution is 0.0944. The quantitative estimate of drug-likeness (QED) is 0.874. The SMILES string of the molecule is O=C(NC[C@H]1CC12CCCCC2)c1cccc(=O)[nH]1. The number of hydrogen-bond donors (Lipinski definition) is 2. The van der Waals surface area contributed by atoms with Gasteiger partial charge in [-0.2, -0.15) is 0 Å². The summed E-state index contributed by atoms with van der Waals surface area (Å²) in [7, 11) is 0. The summed E-state index contributed by atoms with van der Waals surface area (Å²) in [6.07, 6.45) is 7.98. The molecule has 102 valence electrons. The maximum atomic E-state index is 11.9. The average Bonchev–Trinajstić information content (AvgIpc) is 3.09. The van der Waals surface area contributed by atoms with Crippen LogP contribution in [0.1, 0.15) is 49.0 Å². The fourth-order valence-corrected chi connectivity index (χ4v) is 3.48. The Morgan fingerprint density at radius 2 is 2.11 bits per heavy atom. The van der Waals surface area contributed by atoms with Crippen LogP contribution in [-0.2, 0) is 0 Å². The smallest absolute Gasteiger partial charge is 0.267 e. The Morgan fingerprint density at radius 1 is 1.32 bits per heavy atom. The van der Waals surface area contributed by atoms with Crippen molar-refractivity contribution >= 4 is 5.91 Å². The fraction of sp³-hybridized carbons (Fsp3) is 0.600. The van der Waals surface area contributed by atoms with Crippen LogP contribution in [0.4, 0.5) is 0 Å². The molecule has 1 spiro atoms. The van der Waals surface area contributed by atoms with Crippen LogP contribution in [0.25, 0.3) is 0 Å². The van der Waals surface area contributed by atoms with Crippen molar-refractivity contribution in [2.45, 2.75) is 38.5 Å². The number of rotatable bonds is 3. The lowest BCUT2D eigenvalue weighted by atomic mass is 9.84. The highest BCUT2D eigenvalue weighted by molar-refractivity contribution is 5.92. The number of carbonyl (C=O) groups is 1. The van der Waals surface area contributed by atoms with Crippen molar-refractivity contribution in [2.24, 2.45) is 11.3 Å². The molecule has 4 nitrogen and oxygen atoms in total. The van der Waals surface area contributed by atoms with Gasteiger partial charge in [-0.25, -0.2) is 0 Å². The summed E-state index contributed by atoms with van der Waals surface area (Å²) < 4.78 is 0. The molecule has 1 aromatic heterocycles. The summed E-state index contributed by atoms with van der Waals surface area (Å²) in [5, 5.41) is 2.95. The van der Waals surface area contributed by atoms with E-state index in [1.54, 1.807) is 12.1 Å². The van der Waals surface area contributed by atoms with Gasteiger partial charge in [-0.05, 0) is 36.7 Å². The van der Waals surface area contributed by atoms with Gasteiger partial charge in [0.2, 0.25) is 5.56 Å². The van der Waals surface area contributed by atoms with Crippen molar-refractivity contribution in [1.29, 1.82) is 0 Å². The lowest BCUT2D eigenvalue weighted by Crippen LogP contribution is -2.29. The molecule has 4 heteroatoms. The number of pyridine rings is 1. The topological polar surface area (TPSA) is 62.0 Å². The van der Waals surface area contributed by atoms with Gasteiger partial charge in [0.25, 0.3) is 5.91 Å².